The molecule has 128 valence electrons. The molecule has 8 heteroatoms. The van der Waals surface area contributed by atoms with Gasteiger partial charge in [0.15, 0.2) is 0 Å². The van der Waals surface area contributed by atoms with Crippen LogP contribution < -0.4 is 4.72 Å². The number of hydrogen-bond donors (Lipinski definition) is 2. The minimum Gasteiger partial charge on any atom is -0.480 e. The summed E-state index contributed by atoms with van der Waals surface area (Å²) in [6.07, 6.45) is -0.0518. The highest BCUT2D eigenvalue weighted by atomic mass is 32.2. The Kier molecular flexibility index (Phi) is 6.71. The number of sulfonamides is 1. The van der Waals surface area contributed by atoms with Crippen LogP contribution in [0.1, 0.15) is 26.3 Å². The highest BCUT2D eigenvalue weighted by molar-refractivity contribution is 7.89. The molecule has 1 aromatic rings. The maximum absolute atomic E-state index is 12.3. The summed E-state index contributed by atoms with van der Waals surface area (Å²) in [5, 5.41) is 9.10. The summed E-state index contributed by atoms with van der Waals surface area (Å²) >= 11 is 0. The fourth-order valence-corrected chi connectivity index (χ4v) is 3.32. The van der Waals surface area contributed by atoms with Crippen molar-refractivity contribution in [2.24, 2.45) is 5.92 Å². The van der Waals surface area contributed by atoms with Gasteiger partial charge in [0.2, 0.25) is 10.0 Å². The average Bonchev–Trinajstić information content (AvgIpc) is 2.44. The third-order valence-corrected chi connectivity index (χ3v) is 4.52. The number of carboxylic acid groups (broad SMARTS) is 1. The Morgan fingerprint density at radius 1 is 1.30 bits per heavy atom. The van der Waals surface area contributed by atoms with Crippen molar-refractivity contribution in [3.05, 3.63) is 29.8 Å². The van der Waals surface area contributed by atoms with Crippen molar-refractivity contribution in [3.63, 3.8) is 0 Å². The molecule has 7 nitrogen and oxygen atoms in total. The number of hydrogen-bond acceptors (Lipinski definition) is 5. The van der Waals surface area contributed by atoms with Gasteiger partial charge in [-0.1, -0.05) is 26.0 Å². The predicted molar refractivity (Wildman–Crippen MR) is 83.4 cm³/mol. The molecule has 2 N–H and O–H groups in total. The number of carbonyl (C=O) groups excluding carboxylic acids is 1. The van der Waals surface area contributed by atoms with Crippen LogP contribution in [0, 0.1) is 5.92 Å². The topological polar surface area (TPSA) is 110 Å². The lowest BCUT2D eigenvalue weighted by Crippen LogP contribution is -2.44. The third kappa shape index (κ3) is 5.65. The van der Waals surface area contributed by atoms with E-state index in [9.17, 15) is 18.0 Å². The molecule has 0 aliphatic carbocycles. The van der Waals surface area contributed by atoms with Gasteiger partial charge in [-0.05, 0) is 30.5 Å². The van der Waals surface area contributed by atoms with Gasteiger partial charge in [0, 0.05) is 0 Å². The molecular weight excluding hydrogens is 322 g/mol. The monoisotopic (exact) mass is 343 g/mol. The van der Waals surface area contributed by atoms with Crippen molar-refractivity contribution >= 4 is 22.0 Å². The van der Waals surface area contributed by atoms with Gasteiger partial charge in [-0.25, -0.2) is 8.42 Å². The number of rotatable bonds is 8. The largest absolute Gasteiger partial charge is 0.480 e. The molecule has 0 fully saturated rings. The van der Waals surface area contributed by atoms with E-state index in [1.165, 1.54) is 18.2 Å². The van der Waals surface area contributed by atoms with E-state index in [1.54, 1.807) is 26.8 Å². The van der Waals surface area contributed by atoms with Gasteiger partial charge in [-0.2, -0.15) is 4.72 Å². The molecule has 1 atom stereocenters. The minimum atomic E-state index is -4.00. The lowest BCUT2D eigenvalue weighted by Gasteiger charge is -2.18. The Balaban J connectivity index is 3.00. The van der Waals surface area contributed by atoms with Crippen molar-refractivity contribution in [1.82, 2.24) is 4.72 Å². The van der Waals surface area contributed by atoms with Gasteiger partial charge < -0.3 is 9.84 Å². The summed E-state index contributed by atoms with van der Waals surface area (Å²) in [5.74, 6) is -2.11. The maximum atomic E-state index is 12.3. The molecule has 0 spiro atoms. The van der Waals surface area contributed by atoms with Crippen molar-refractivity contribution in [3.8, 4) is 0 Å². The van der Waals surface area contributed by atoms with Crippen LogP contribution in [0.2, 0.25) is 0 Å². The molecule has 0 bridgehead atoms. The zero-order valence-corrected chi connectivity index (χ0v) is 14.1. The van der Waals surface area contributed by atoms with Gasteiger partial charge >= 0.3 is 11.9 Å². The van der Waals surface area contributed by atoms with Crippen LogP contribution >= 0.6 is 0 Å². The first-order valence-corrected chi connectivity index (χ1v) is 8.65. The summed E-state index contributed by atoms with van der Waals surface area (Å²) in [4.78, 5) is 22.5. The lowest BCUT2D eigenvalue weighted by molar-refractivity contribution is -0.142. The zero-order valence-electron chi connectivity index (χ0n) is 13.3. The van der Waals surface area contributed by atoms with Crippen LogP contribution in [0.5, 0.6) is 0 Å². The molecule has 1 rings (SSSR count). The summed E-state index contributed by atoms with van der Waals surface area (Å²) in [7, 11) is -4.00. The smallest absolute Gasteiger partial charge is 0.322 e. The van der Waals surface area contributed by atoms with Crippen molar-refractivity contribution < 1.29 is 27.9 Å². The highest BCUT2D eigenvalue weighted by Gasteiger charge is 2.28. The normalized spacial score (nSPS) is 12.9. The van der Waals surface area contributed by atoms with E-state index in [4.69, 9.17) is 9.84 Å². The first kappa shape index (κ1) is 19.1. The van der Waals surface area contributed by atoms with E-state index in [0.717, 1.165) is 0 Å². The third-order valence-electron chi connectivity index (χ3n) is 3.08. The van der Waals surface area contributed by atoms with Crippen molar-refractivity contribution in [2.75, 3.05) is 6.61 Å². The molecule has 0 radical (unpaired) electrons. The highest BCUT2D eigenvalue weighted by Crippen LogP contribution is 2.15. The quantitative estimate of drug-likeness (QED) is 0.686. The van der Waals surface area contributed by atoms with E-state index in [1.807, 2.05) is 0 Å². The second-order valence-corrected chi connectivity index (χ2v) is 7.02. The Morgan fingerprint density at radius 3 is 2.48 bits per heavy atom. The Labute approximate surface area is 135 Å². The molecule has 0 saturated heterocycles. The number of carboxylic acids is 1. The lowest BCUT2D eigenvalue weighted by atomic mass is 10.1. The number of aliphatic carboxylic acids is 1. The second-order valence-electron chi connectivity index (χ2n) is 5.31. The summed E-state index contributed by atoms with van der Waals surface area (Å²) in [5.41, 5.74) is 0.475. The van der Waals surface area contributed by atoms with Gasteiger partial charge in [-0.15, -0.1) is 0 Å². The number of carbonyl (C=O) groups is 2. The number of ether oxygens (including phenoxy) is 1. The summed E-state index contributed by atoms with van der Waals surface area (Å²) in [6, 6.07) is 4.55. The first-order valence-electron chi connectivity index (χ1n) is 7.17. The SMILES string of the molecule is CCOC(=O)Cc1cccc(S(=O)(=O)N[C@H](C(=O)O)C(C)C)c1. The van der Waals surface area contributed by atoms with Gasteiger partial charge in [0.1, 0.15) is 6.04 Å². The molecule has 0 aliphatic rings. The van der Waals surface area contributed by atoms with Gasteiger partial charge in [0.25, 0.3) is 0 Å². The standard InChI is InChI=1S/C15H21NO6S/c1-4-22-13(17)9-11-6-5-7-12(8-11)23(20,21)16-14(10(2)3)15(18)19/h5-8,10,14,16H,4,9H2,1-3H3,(H,18,19)/t14-/m0/s1. The van der Waals surface area contributed by atoms with Gasteiger partial charge in [0.05, 0.1) is 17.9 Å². The molecular formula is C15H21NO6S. The van der Waals surface area contributed by atoms with Crippen LogP contribution in [0.4, 0.5) is 0 Å². The molecule has 0 aliphatic heterocycles. The van der Waals surface area contributed by atoms with Gasteiger partial charge in [-0.3, -0.25) is 9.59 Å². The van der Waals surface area contributed by atoms with Crippen LogP contribution in [-0.4, -0.2) is 38.1 Å². The average molecular weight is 343 g/mol. The number of benzene rings is 1. The number of esters is 1. The summed E-state index contributed by atoms with van der Waals surface area (Å²) < 4.78 is 31.6. The summed E-state index contributed by atoms with van der Waals surface area (Å²) in [6.45, 7) is 5.14. The minimum absolute atomic E-state index is 0.0518. The zero-order chi connectivity index (χ0) is 17.6. The maximum Gasteiger partial charge on any atom is 0.322 e. The van der Waals surface area contributed by atoms with E-state index in [2.05, 4.69) is 4.72 Å². The predicted octanol–water partition coefficient (Wildman–Crippen LogP) is 1.18. The second kappa shape index (κ2) is 8.07. The van der Waals surface area contributed by atoms with Crippen molar-refractivity contribution in [1.29, 1.82) is 0 Å². The van der Waals surface area contributed by atoms with Crippen LogP contribution in [0.15, 0.2) is 29.2 Å². The molecule has 0 amide bonds. The Hall–Kier alpha value is -1.93. The molecule has 0 saturated carbocycles. The van der Waals surface area contributed by atoms with Crippen molar-refractivity contribution in [2.45, 2.75) is 38.1 Å². The number of nitrogens with one attached hydrogen (secondary N) is 1. The molecule has 1 aromatic carbocycles. The molecule has 23 heavy (non-hydrogen) atoms. The molecule has 0 aromatic heterocycles. The fraction of sp³-hybridized carbons (Fsp3) is 0.467. The van der Waals surface area contributed by atoms with E-state index in [0.29, 0.717) is 5.56 Å². The first-order chi connectivity index (χ1) is 10.7. The van der Waals surface area contributed by atoms with E-state index >= 15 is 0 Å². The van der Waals surface area contributed by atoms with Crippen LogP contribution in [-0.2, 0) is 30.8 Å². The van der Waals surface area contributed by atoms with Crippen LogP contribution in [0.3, 0.4) is 0 Å². The fourth-order valence-electron chi connectivity index (χ4n) is 1.91. The molecule has 0 heterocycles. The van der Waals surface area contributed by atoms with E-state index in [-0.39, 0.29) is 17.9 Å². The molecule has 0 unspecified atom stereocenters. The Bertz CT molecular complexity index is 668. The van der Waals surface area contributed by atoms with Crippen LogP contribution in [0.25, 0.3) is 0 Å². The Morgan fingerprint density at radius 2 is 1.96 bits per heavy atom. The van der Waals surface area contributed by atoms with E-state index < -0.39 is 33.9 Å².